The Kier molecular flexibility index (Phi) is 2.17. The van der Waals surface area contributed by atoms with Crippen molar-refractivity contribution in [3.05, 3.63) is 11.3 Å². The van der Waals surface area contributed by atoms with Crippen molar-refractivity contribution in [1.29, 1.82) is 5.26 Å². The zero-order valence-electron chi connectivity index (χ0n) is 8.19. The molecule has 78 valence electrons. The van der Waals surface area contributed by atoms with Crippen LogP contribution in [0.1, 0.15) is 17.7 Å². The second-order valence-electron chi connectivity index (χ2n) is 3.52. The highest BCUT2D eigenvalue weighted by molar-refractivity contribution is 5.96. The maximum atomic E-state index is 11.5. The van der Waals surface area contributed by atoms with Crippen molar-refractivity contribution in [3.8, 4) is 6.07 Å². The molecule has 1 saturated heterocycles. The Hall–Kier alpha value is -1.87. The van der Waals surface area contributed by atoms with Crippen molar-refractivity contribution in [2.45, 2.75) is 19.4 Å². The number of hydrogen-bond donors (Lipinski definition) is 2. The largest absolute Gasteiger partial charge is 0.391 e. The monoisotopic (exact) mass is 206 g/mol. The quantitative estimate of drug-likeness (QED) is 0.659. The molecule has 1 aliphatic rings. The van der Waals surface area contributed by atoms with Crippen LogP contribution in [0.5, 0.6) is 0 Å². The fraction of sp³-hybridized carbons (Fsp3) is 0.444. The van der Waals surface area contributed by atoms with E-state index in [-0.39, 0.29) is 18.9 Å². The zero-order chi connectivity index (χ0) is 11.0. The number of aromatic amines is 1. The number of nitrogens with one attached hydrogen (secondary N) is 1. The second kappa shape index (κ2) is 3.37. The number of rotatable bonds is 1. The van der Waals surface area contributed by atoms with Crippen LogP contribution in [0.25, 0.3) is 0 Å². The third kappa shape index (κ3) is 1.47. The first kappa shape index (κ1) is 9.68. The van der Waals surface area contributed by atoms with E-state index >= 15 is 0 Å². The lowest BCUT2D eigenvalue weighted by atomic mass is 10.2. The Bertz CT molecular complexity index is 445. The number of H-pyrrole nitrogens is 1. The molecule has 0 radical (unpaired) electrons. The first-order chi connectivity index (χ1) is 7.13. The standard InChI is InChI=1S/C9H10N4O2/c1-5-7(3-10)9(12-11-5)13-4-6(14)2-8(13)15/h6,14H,2,4H2,1H3,(H,11,12). The average molecular weight is 206 g/mol. The van der Waals surface area contributed by atoms with Crippen LogP contribution in [0.15, 0.2) is 0 Å². The van der Waals surface area contributed by atoms with Gasteiger partial charge < -0.3 is 5.11 Å². The number of β-amino-alcohol motifs (C(OH)–C–C–N with tert-alkyl or cyclic N) is 1. The van der Waals surface area contributed by atoms with Gasteiger partial charge in [-0.05, 0) is 6.92 Å². The molecule has 1 atom stereocenters. The molecule has 1 aromatic rings. The number of carbonyl (C=O) groups excluding carboxylic acids is 1. The highest BCUT2D eigenvalue weighted by Gasteiger charge is 2.32. The van der Waals surface area contributed by atoms with Crippen LogP contribution < -0.4 is 4.90 Å². The maximum Gasteiger partial charge on any atom is 0.230 e. The van der Waals surface area contributed by atoms with E-state index in [0.717, 1.165) is 0 Å². The van der Waals surface area contributed by atoms with Crippen LogP contribution in [-0.4, -0.2) is 33.9 Å². The molecular formula is C9H10N4O2. The number of anilines is 1. The van der Waals surface area contributed by atoms with Crippen LogP contribution >= 0.6 is 0 Å². The van der Waals surface area contributed by atoms with Gasteiger partial charge in [0.25, 0.3) is 0 Å². The number of nitriles is 1. The van der Waals surface area contributed by atoms with E-state index < -0.39 is 6.10 Å². The summed E-state index contributed by atoms with van der Waals surface area (Å²) in [5.41, 5.74) is 0.985. The van der Waals surface area contributed by atoms with Gasteiger partial charge in [-0.25, -0.2) is 0 Å². The number of aliphatic hydroxyl groups is 1. The molecule has 2 N–H and O–H groups in total. The van der Waals surface area contributed by atoms with Crippen LogP contribution in [0.3, 0.4) is 0 Å². The molecule has 15 heavy (non-hydrogen) atoms. The molecule has 0 aromatic carbocycles. The number of hydrogen-bond acceptors (Lipinski definition) is 4. The summed E-state index contributed by atoms with van der Waals surface area (Å²) in [7, 11) is 0. The van der Waals surface area contributed by atoms with Gasteiger partial charge in [0.15, 0.2) is 5.82 Å². The van der Waals surface area contributed by atoms with E-state index in [4.69, 9.17) is 5.26 Å². The minimum Gasteiger partial charge on any atom is -0.391 e. The summed E-state index contributed by atoms with van der Waals surface area (Å²) in [4.78, 5) is 12.8. The molecule has 1 unspecified atom stereocenters. The summed E-state index contributed by atoms with van der Waals surface area (Å²) in [6.07, 6.45) is -0.572. The van der Waals surface area contributed by atoms with Crippen molar-refractivity contribution >= 4 is 11.7 Å². The summed E-state index contributed by atoms with van der Waals surface area (Å²) < 4.78 is 0. The maximum absolute atomic E-state index is 11.5. The van der Waals surface area contributed by atoms with E-state index in [9.17, 15) is 9.90 Å². The van der Waals surface area contributed by atoms with Crippen molar-refractivity contribution in [2.24, 2.45) is 0 Å². The molecule has 1 fully saturated rings. The Morgan fingerprint density at radius 1 is 1.73 bits per heavy atom. The van der Waals surface area contributed by atoms with E-state index in [0.29, 0.717) is 17.1 Å². The minimum atomic E-state index is -0.666. The van der Waals surface area contributed by atoms with Gasteiger partial charge in [0.1, 0.15) is 11.6 Å². The third-order valence-corrected chi connectivity index (χ3v) is 2.40. The van der Waals surface area contributed by atoms with Gasteiger partial charge in [0.05, 0.1) is 24.8 Å². The lowest BCUT2D eigenvalue weighted by molar-refractivity contribution is -0.117. The van der Waals surface area contributed by atoms with E-state index in [1.165, 1.54) is 4.90 Å². The number of aryl methyl sites for hydroxylation is 1. The van der Waals surface area contributed by atoms with E-state index in [1.807, 2.05) is 6.07 Å². The summed E-state index contributed by atoms with van der Waals surface area (Å²) in [5.74, 6) is 0.113. The number of aliphatic hydroxyl groups excluding tert-OH is 1. The lowest BCUT2D eigenvalue weighted by Gasteiger charge is -2.12. The molecule has 1 aliphatic heterocycles. The first-order valence-corrected chi connectivity index (χ1v) is 4.57. The summed E-state index contributed by atoms with van der Waals surface area (Å²) in [5, 5.41) is 24.8. The molecule has 2 heterocycles. The topological polar surface area (TPSA) is 93.0 Å². The number of amides is 1. The van der Waals surface area contributed by atoms with E-state index in [2.05, 4.69) is 10.2 Å². The molecule has 0 aliphatic carbocycles. The van der Waals surface area contributed by atoms with Gasteiger partial charge >= 0.3 is 0 Å². The van der Waals surface area contributed by atoms with Crippen molar-refractivity contribution < 1.29 is 9.90 Å². The number of nitrogens with zero attached hydrogens (tertiary/aromatic N) is 3. The lowest BCUT2D eigenvalue weighted by Crippen LogP contribution is -2.26. The molecular weight excluding hydrogens is 196 g/mol. The molecule has 0 spiro atoms. The molecule has 1 aromatic heterocycles. The normalized spacial score (nSPS) is 20.7. The number of aromatic nitrogens is 2. The SMILES string of the molecule is Cc1[nH]nc(N2CC(O)CC2=O)c1C#N. The van der Waals surface area contributed by atoms with Gasteiger partial charge in [-0.1, -0.05) is 0 Å². The smallest absolute Gasteiger partial charge is 0.230 e. The fourth-order valence-electron chi connectivity index (χ4n) is 1.64. The molecule has 0 saturated carbocycles. The molecule has 6 heteroatoms. The zero-order valence-corrected chi connectivity index (χ0v) is 8.19. The van der Waals surface area contributed by atoms with Crippen molar-refractivity contribution in [3.63, 3.8) is 0 Å². The average Bonchev–Trinajstić information content (AvgIpc) is 2.69. The predicted octanol–water partition coefficient (Wildman–Crippen LogP) is -0.313. The van der Waals surface area contributed by atoms with Crippen LogP contribution in [0.2, 0.25) is 0 Å². The Labute approximate surface area is 86.1 Å². The fourth-order valence-corrected chi connectivity index (χ4v) is 1.64. The van der Waals surface area contributed by atoms with Gasteiger partial charge in [-0.15, -0.1) is 0 Å². The van der Waals surface area contributed by atoms with Gasteiger partial charge in [0.2, 0.25) is 5.91 Å². The van der Waals surface area contributed by atoms with Gasteiger partial charge in [-0.3, -0.25) is 14.8 Å². The molecule has 1 amide bonds. The Morgan fingerprint density at radius 2 is 2.47 bits per heavy atom. The van der Waals surface area contributed by atoms with Crippen LogP contribution in [-0.2, 0) is 4.79 Å². The molecule has 6 nitrogen and oxygen atoms in total. The van der Waals surface area contributed by atoms with Crippen molar-refractivity contribution in [2.75, 3.05) is 11.4 Å². The Balaban J connectivity index is 2.39. The Morgan fingerprint density at radius 3 is 3.00 bits per heavy atom. The predicted molar refractivity (Wildman–Crippen MR) is 51.0 cm³/mol. The molecule has 2 rings (SSSR count). The molecule has 0 bridgehead atoms. The van der Waals surface area contributed by atoms with Crippen LogP contribution in [0, 0.1) is 18.3 Å². The second-order valence-corrected chi connectivity index (χ2v) is 3.52. The summed E-state index contributed by atoms with van der Waals surface area (Å²) in [6, 6.07) is 1.99. The van der Waals surface area contributed by atoms with E-state index in [1.54, 1.807) is 6.92 Å². The van der Waals surface area contributed by atoms with Crippen molar-refractivity contribution in [1.82, 2.24) is 10.2 Å². The summed E-state index contributed by atoms with van der Waals surface area (Å²) >= 11 is 0. The highest BCUT2D eigenvalue weighted by atomic mass is 16.3. The highest BCUT2D eigenvalue weighted by Crippen LogP contribution is 2.24. The third-order valence-electron chi connectivity index (χ3n) is 2.40. The summed E-state index contributed by atoms with van der Waals surface area (Å²) in [6.45, 7) is 1.92. The first-order valence-electron chi connectivity index (χ1n) is 4.57. The number of carbonyl (C=O) groups is 1. The van der Waals surface area contributed by atoms with Crippen LogP contribution in [0.4, 0.5) is 5.82 Å². The van der Waals surface area contributed by atoms with Gasteiger partial charge in [0, 0.05) is 0 Å². The van der Waals surface area contributed by atoms with Gasteiger partial charge in [-0.2, -0.15) is 10.4 Å². The minimum absolute atomic E-state index is 0.0940.